The topological polar surface area (TPSA) is 93.8 Å². The predicted molar refractivity (Wildman–Crippen MR) is 116 cm³/mol. The van der Waals surface area contributed by atoms with Crippen molar-refractivity contribution < 1.29 is 14.6 Å². The number of rotatable bonds is 5. The number of carbonyl (C=O) groups is 1. The zero-order valence-corrected chi connectivity index (χ0v) is 19.1. The molecule has 1 heterocycles. The first-order valence-electron chi connectivity index (χ1n) is 7.83. The van der Waals surface area contributed by atoms with E-state index in [9.17, 15) is 9.59 Å². The van der Waals surface area contributed by atoms with Crippen molar-refractivity contribution in [2.24, 2.45) is 5.10 Å². The normalized spacial score (nSPS) is 11.3. The van der Waals surface area contributed by atoms with E-state index >= 15 is 0 Å². The van der Waals surface area contributed by atoms with Gasteiger partial charge in [0.15, 0.2) is 6.61 Å². The molecule has 1 N–H and O–H groups in total. The van der Waals surface area contributed by atoms with E-state index in [1.807, 2.05) is 6.07 Å². The molecule has 0 bridgehead atoms. The van der Waals surface area contributed by atoms with Crippen LogP contribution in [-0.2, 0) is 4.79 Å². The molecule has 2 aromatic carbocycles. The molecule has 0 unspecified atom stereocenters. The number of benzene rings is 2. The van der Waals surface area contributed by atoms with E-state index in [4.69, 9.17) is 9.84 Å². The summed E-state index contributed by atoms with van der Waals surface area (Å²) in [6, 6.07) is 8.71. The molecule has 0 spiro atoms. The lowest BCUT2D eigenvalue weighted by atomic mass is 10.2. The average Bonchev–Trinajstić information content (AvgIpc) is 2.61. The molecule has 1 aromatic heterocycles. The number of nitrogens with zero attached hydrogens (tertiary/aromatic N) is 3. The van der Waals surface area contributed by atoms with E-state index in [2.05, 4.69) is 57.9 Å². The number of fused-ring (bicyclic) bond motifs is 1. The maximum Gasteiger partial charge on any atom is 0.341 e. The van der Waals surface area contributed by atoms with Crippen LogP contribution in [0.3, 0.4) is 0 Å². The smallest absolute Gasteiger partial charge is 0.341 e. The Bertz CT molecular complexity index is 1150. The van der Waals surface area contributed by atoms with Crippen molar-refractivity contribution in [3.05, 3.63) is 65.5 Å². The van der Waals surface area contributed by atoms with Gasteiger partial charge in [-0.15, -0.1) is 0 Å². The molecule has 0 aliphatic carbocycles. The third kappa shape index (κ3) is 4.50. The highest BCUT2D eigenvalue weighted by molar-refractivity contribution is 9.11. The monoisotopic (exact) mass is 571 g/mol. The fraction of sp³-hybridized carbons (Fsp3) is 0.111. The van der Waals surface area contributed by atoms with Crippen LogP contribution in [0.4, 0.5) is 0 Å². The zero-order valence-electron chi connectivity index (χ0n) is 14.3. The molecule has 0 aliphatic heterocycles. The highest BCUT2D eigenvalue weighted by Gasteiger charge is 2.11. The van der Waals surface area contributed by atoms with Gasteiger partial charge in [0.2, 0.25) is 0 Å². The molecular weight excluding hydrogens is 562 g/mol. The van der Waals surface area contributed by atoms with Gasteiger partial charge in [-0.05, 0) is 74.7 Å². The Morgan fingerprint density at radius 3 is 2.57 bits per heavy atom. The zero-order chi connectivity index (χ0) is 20.4. The molecule has 28 heavy (non-hydrogen) atoms. The van der Waals surface area contributed by atoms with Crippen LogP contribution in [0.25, 0.3) is 10.9 Å². The summed E-state index contributed by atoms with van der Waals surface area (Å²) in [5.74, 6) is -0.254. The van der Waals surface area contributed by atoms with Crippen LogP contribution >= 0.6 is 47.8 Å². The van der Waals surface area contributed by atoms with Crippen molar-refractivity contribution in [1.29, 1.82) is 0 Å². The highest BCUT2D eigenvalue weighted by Crippen LogP contribution is 2.34. The van der Waals surface area contributed by atoms with Gasteiger partial charge in [0.1, 0.15) is 11.6 Å². The Kier molecular flexibility index (Phi) is 6.31. The molecule has 10 heteroatoms. The Morgan fingerprint density at radius 2 is 1.93 bits per heavy atom. The van der Waals surface area contributed by atoms with Crippen LogP contribution in [0.5, 0.6) is 5.75 Å². The van der Waals surface area contributed by atoms with Crippen LogP contribution < -0.4 is 10.3 Å². The third-order valence-electron chi connectivity index (χ3n) is 3.65. The van der Waals surface area contributed by atoms with Crippen molar-refractivity contribution in [2.45, 2.75) is 6.92 Å². The van der Waals surface area contributed by atoms with Crippen molar-refractivity contribution in [2.75, 3.05) is 6.61 Å². The number of aryl methyl sites for hydroxylation is 1. The third-order valence-corrected chi connectivity index (χ3v) is 5.32. The maximum absolute atomic E-state index is 12.8. The molecule has 144 valence electrons. The largest absolute Gasteiger partial charge is 0.480 e. The quantitative estimate of drug-likeness (QED) is 0.458. The standard InChI is InChI=1S/C18H12Br3N3O4/c1-9-23-15-3-2-11(19)6-12(15)18(27)24(9)22-7-10-4-13(20)17(14(21)5-10)28-8-16(25)26/h2-7H,8H2,1H3,(H,25,26). The number of aromatic nitrogens is 2. The number of aliphatic carboxylic acids is 1. The summed E-state index contributed by atoms with van der Waals surface area (Å²) in [5, 5.41) is 13.5. The lowest BCUT2D eigenvalue weighted by Gasteiger charge is -2.09. The van der Waals surface area contributed by atoms with Crippen molar-refractivity contribution in [1.82, 2.24) is 9.66 Å². The molecule has 0 aliphatic rings. The first kappa shape index (κ1) is 20.7. The minimum absolute atomic E-state index is 0.278. The minimum atomic E-state index is -1.07. The summed E-state index contributed by atoms with van der Waals surface area (Å²) in [6.45, 7) is 1.24. The summed E-state index contributed by atoms with van der Waals surface area (Å²) in [6.07, 6.45) is 1.51. The maximum atomic E-state index is 12.8. The van der Waals surface area contributed by atoms with Crippen LogP contribution in [-0.4, -0.2) is 33.6 Å². The first-order valence-corrected chi connectivity index (χ1v) is 10.2. The Morgan fingerprint density at radius 1 is 1.25 bits per heavy atom. The van der Waals surface area contributed by atoms with Crippen molar-refractivity contribution >= 4 is 70.9 Å². The molecule has 3 rings (SSSR count). The summed E-state index contributed by atoms with van der Waals surface area (Å²) in [4.78, 5) is 27.8. The fourth-order valence-electron chi connectivity index (χ4n) is 2.45. The molecule has 3 aromatic rings. The second-order valence-electron chi connectivity index (χ2n) is 5.68. The number of halogens is 3. The predicted octanol–water partition coefficient (Wildman–Crippen LogP) is 4.34. The summed E-state index contributed by atoms with van der Waals surface area (Å²) >= 11 is 10.1. The Balaban J connectivity index is 1.98. The summed E-state index contributed by atoms with van der Waals surface area (Å²) < 4.78 is 8.35. The number of hydrogen-bond donors (Lipinski definition) is 1. The van der Waals surface area contributed by atoms with Gasteiger partial charge >= 0.3 is 5.97 Å². The van der Waals surface area contributed by atoms with Gasteiger partial charge in [0.05, 0.1) is 26.1 Å². The molecule has 0 saturated carbocycles. The van der Waals surface area contributed by atoms with Gasteiger partial charge in [-0.25, -0.2) is 9.78 Å². The number of hydrogen-bond acceptors (Lipinski definition) is 5. The van der Waals surface area contributed by atoms with E-state index < -0.39 is 12.6 Å². The van der Waals surface area contributed by atoms with Gasteiger partial charge in [-0.3, -0.25) is 4.79 Å². The van der Waals surface area contributed by atoms with Gasteiger partial charge in [0, 0.05) is 4.47 Å². The number of carboxylic acid groups (broad SMARTS) is 1. The first-order chi connectivity index (χ1) is 13.3. The Labute approximate surface area is 184 Å². The molecular formula is C18H12Br3N3O4. The molecule has 7 nitrogen and oxygen atoms in total. The molecule has 0 radical (unpaired) electrons. The van der Waals surface area contributed by atoms with E-state index in [0.717, 1.165) is 4.47 Å². The van der Waals surface area contributed by atoms with Crippen molar-refractivity contribution in [3.63, 3.8) is 0 Å². The van der Waals surface area contributed by atoms with Crippen molar-refractivity contribution in [3.8, 4) is 5.75 Å². The van der Waals surface area contributed by atoms with Gasteiger partial charge < -0.3 is 9.84 Å². The van der Waals surface area contributed by atoms with E-state index in [-0.39, 0.29) is 5.56 Å². The second kappa shape index (κ2) is 8.54. The summed E-state index contributed by atoms with van der Waals surface area (Å²) in [5.41, 5.74) is 0.990. The van der Waals surface area contributed by atoms with Crippen LogP contribution in [0.15, 0.2) is 53.6 Å². The lowest BCUT2D eigenvalue weighted by molar-refractivity contribution is -0.139. The fourth-order valence-corrected chi connectivity index (χ4v) is 4.26. The van der Waals surface area contributed by atoms with Gasteiger partial charge in [0.25, 0.3) is 5.56 Å². The van der Waals surface area contributed by atoms with Gasteiger partial charge in [-0.2, -0.15) is 9.78 Å². The van der Waals surface area contributed by atoms with Crippen LogP contribution in [0.2, 0.25) is 0 Å². The van der Waals surface area contributed by atoms with E-state index in [0.29, 0.717) is 37.0 Å². The minimum Gasteiger partial charge on any atom is -0.480 e. The summed E-state index contributed by atoms with van der Waals surface area (Å²) in [7, 11) is 0. The van der Waals surface area contributed by atoms with Crippen LogP contribution in [0, 0.1) is 6.92 Å². The number of ether oxygens (including phenoxy) is 1. The lowest BCUT2D eigenvalue weighted by Crippen LogP contribution is -2.20. The van der Waals surface area contributed by atoms with Gasteiger partial charge in [-0.1, -0.05) is 15.9 Å². The molecule has 0 atom stereocenters. The SMILES string of the molecule is Cc1nc2ccc(Br)cc2c(=O)n1N=Cc1cc(Br)c(OCC(=O)O)c(Br)c1. The Hall–Kier alpha value is -2.04. The van der Waals surface area contributed by atoms with E-state index in [1.54, 1.807) is 31.2 Å². The second-order valence-corrected chi connectivity index (χ2v) is 8.30. The van der Waals surface area contributed by atoms with Crippen LogP contribution in [0.1, 0.15) is 11.4 Å². The number of carboxylic acids is 1. The molecule has 0 fully saturated rings. The molecule has 0 saturated heterocycles. The average molecular weight is 574 g/mol. The molecule has 0 amide bonds. The van der Waals surface area contributed by atoms with E-state index in [1.165, 1.54) is 10.9 Å². The highest BCUT2D eigenvalue weighted by atomic mass is 79.9.